The van der Waals surface area contributed by atoms with Crippen LogP contribution < -0.4 is 0 Å². The van der Waals surface area contributed by atoms with Gasteiger partial charge in [-0.25, -0.2) is 13.2 Å². The first-order valence-electron chi connectivity index (χ1n) is 11.6. The molecule has 0 bridgehead atoms. The van der Waals surface area contributed by atoms with Crippen LogP contribution in [0.4, 0.5) is 13.2 Å². The predicted octanol–water partition coefficient (Wildman–Crippen LogP) is 6.89. The van der Waals surface area contributed by atoms with Crippen molar-refractivity contribution in [1.82, 2.24) is 0 Å². The van der Waals surface area contributed by atoms with Gasteiger partial charge < -0.3 is 4.74 Å². The molecular weight excluding hydrogens is 447 g/mol. The van der Waals surface area contributed by atoms with E-state index in [1.807, 2.05) is 30.3 Å². The van der Waals surface area contributed by atoms with Crippen LogP contribution in [0, 0.1) is 28.8 Å². The van der Waals surface area contributed by atoms with Crippen molar-refractivity contribution in [3.05, 3.63) is 118 Å². The second-order valence-electron chi connectivity index (χ2n) is 8.69. The summed E-state index contributed by atoms with van der Waals surface area (Å²) in [4.78, 5) is 0. The molecule has 0 radical (unpaired) electrons. The van der Waals surface area contributed by atoms with Gasteiger partial charge in [-0.3, -0.25) is 0 Å². The summed E-state index contributed by atoms with van der Waals surface area (Å²) in [5.74, 6) is -1.04. The molecule has 0 fully saturated rings. The summed E-state index contributed by atoms with van der Waals surface area (Å²) in [6.07, 6.45) is 2.78. The normalized spacial score (nSPS) is 11.1. The SMILES string of the molecule is COCCc1ccc(CCc2ccc3c(F)c(CCc4ccc(C#N)c(F)c4)ccc3c2)c(F)c1. The van der Waals surface area contributed by atoms with Gasteiger partial charge in [-0.05, 0) is 83.5 Å². The maximum Gasteiger partial charge on any atom is 0.141 e. The Morgan fingerprint density at radius 3 is 2.03 bits per heavy atom. The fourth-order valence-electron chi connectivity index (χ4n) is 4.27. The van der Waals surface area contributed by atoms with Crippen molar-refractivity contribution in [3.8, 4) is 6.07 Å². The number of hydrogen-bond acceptors (Lipinski definition) is 2. The number of nitrogens with zero attached hydrogens (tertiary/aromatic N) is 1. The van der Waals surface area contributed by atoms with Crippen molar-refractivity contribution in [2.24, 2.45) is 0 Å². The van der Waals surface area contributed by atoms with Gasteiger partial charge in [0.1, 0.15) is 23.5 Å². The van der Waals surface area contributed by atoms with Crippen LogP contribution in [-0.4, -0.2) is 13.7 Å². The van der Waals surface area contributed by atoms with Gasteiger partial charge in [0.05, 0.1) is 12.2 Å². The largest absolute Gasteiger partial charge is 0.384 e. The highest BCUT2D eigenvalue weighted by atomic mass is 19.1. The number of hydrogen-bond donors (Lipinski definition) is 0. The minimum atomic E-state index is -0.557. The lowest BCUT2D eigenvalue weighted by Gasteiger charge is -2.10. The first kappa shape index (κ1) is 24.5. The van der Waals surface area contributed by atoms with Crippen LogP contribution in [-0.2, 0) is 36.8 Å². The molecule has 0 spiro atoms. The third-order valence-corrected chi connectivity index (χ3v) is 6.33. The molecule has 0 aromatic heterocycles. The minimum absolute atomic E-state index is 0.00303. The summed E-state index contributed by atoms with van der Waals surface area (Å²) < 4.78 is 48.5. The Hall–Kier alpha value is -3.62. The second-order valence-corrected chi connectivity index (χ2v) is 8.69. The molecule has 4 aromatic carbocycles. The molecule has 178 valence electrons. The van der Waals surface area contributed by atoms with Gasteiger partial charge in [-0.1, -0.05) is 48.5 Å². The van der Waals surface area contributed by atoms with Crippen molar-refractivity contribution in [1.29, 1.82) is 5.26 Å². The molecule has 0 unspecified atom stereocenters. The second kappa shape index (κ2) is 11.2. The third kappa shape index (κ3) is 5.90. The molecule has 5 heteroatoms. The summed E-state index contributed by atoms with van der Waals surface area (Å²) in [6, 6.07) is 20.9. The molecule has 0 N–H and O–H groups in total. The van der Waals surface area contributed by atoms with Crippen LogP contribution in [0.15, 0.2) is 66.7 Å². The highest BCUT2D eigenvalue weighted by molar-refractivity contribution is 5.84. The van der Waals surface area contributed by atoms with Gasteiger partial charge in [-0.2, -0.15) is 5.26 Å². The standard InChI is InChI=1S/C30H26F3NO/c1-35-15-14-22-3-8-23(28(31)18-22)7-2-20-6-13-27-25(16-20)12-11-24(30(27)33)9-4-21-5-10-26(19-34)29(32)17-21/h3,5-6,8,10-13,16-18H,2,4,7,9,14-15H2,1H3. The number of rotatable bonds is 9. The zero-order chi connectivity index (χ0) is 24.8. The van der Waals surface area contributed by atoms with Crippen LogP contribution in [0.2, 0.25) is 0 Å². The van der Waals surface area contributed by atoms with E-state index in [0.29, 0.717) is 55.2 Å². The Kier molecular flexibility index (Phi) is 7.84. The molecule has 0 atom stereocenters. The lowest BCUT2D eigenvalue weighted by atomic mass is 9.96. The average molecular weight is 474 g/mol. The lowest BCUT2D eigenvalue weighted by molar-refractivity contribution is 0.202. The van der Waals surface area contributed by atoms with Crippen LogP contribution in [0.5, 0.6) is 0 Å². The fourth-order valence-corrected chi connectivity index (χ4v) is 4.27. The summed E-state index contributed by atoms with van der Waals surface area (Å²) in [5, 5.41) is 10.2. The molecule has 4 aromatic rings. The van der Waals surface area contributed by atoms with Crippen LogP contribution >= 0.6 is 0 Å². The zero-order valence-electron chi connectivity index (χ0n) is 19.6. The monoisotopic (exact) mass is 473 g/mol. The molecule has 0 saturated carbocycles. The van der Waals surface area contributed by atoms with Gasteiger partial charge in [-0.15, -0.1) is 0 Å². The fraction of sp³-hybridized carbons (Fsp3) is 0.233. The molecule has 0 aliphatic rings. The summed E-state index contributed by atoms with van der Waals surface area (Å²) in [6.45, 7) is 0.558. The molecule has 0 aliphatic heterocycles. The van der Waals surface area contributed by atoms with Gasteiger partial charge in [0, 0.05) is 12.5 Å². The number of benzene rings is 4. The first-order valence-corrected chi connectivity index (χ1v) is 11.6. The van der Waals surface area contributed by atoms with Gasteiger partial charge in [0.2, 0.25) is 0 Å². The number of halogens is 3. The van der Waals surface area contributed by atoms with E-state index in [-0.39, 0.29) is 17.2 Å². The van der Waals surface area contributed by atoms with Gasteiger partial charge in [0.15, 0.2) is 0 Å². The van der Waals surface area contributed by atoms with Gasteiger partial charge in [0.25, 0.3) is 0 Å². The smallest absolute Gasteiger partial charge is 0.141 e. The van der Waals surface area contributed by atoms with Crippen LogP contribution in [0.25, 0.3) is 10.8 Å². The third-order valence-electron chi connectivity index (χ3n) is 6.33. The number of aryl methyl sites for hydroxylation is 4. The molecule has 0 saturated heterocycles. The Morgan fingerprint density at radius 1 is 0.686 bits per heavy atom. The summed E-state index contributed by atoms with van der Waals surface area (Å²) in [7, 11) is 1.63. The molecule has 2 nitrogen and oxygen atoms in total. The highest BCUT2D eigenvalue weighted by Crippen LogP contribution is 2.25. The van der Waals surface area contributed by atoms with E-state index in [0.717, 1.165) is 22.1 Å². The average Bonchev–Trinajstić information content (AvgIpc) is 2.86. The molecular formula is C30H26F3NO. The minimum Gasteiger partial charge on any atom is -0.384 e. The Bertz CT molecular complexity index is 1390. The number of fused-ring (bicyclic) bond motifs is 1. The van der Waals surface area contributed by atoms with E-state index >= 15 is 4.39 Å². The molecule has 0 heterocycles. The highest BCUT2D eigenvalue weighted by Gasteiger charge is 2.11. The number of nitriles is 1. The Labute approximate surface area is 203 Å². The van der Waals surface area contributed by atoms with E-state index in [1.54, 1.807) is 37.4 Å². The summed E-state index contributed by atoms with van der Waals surface area (Å²) >= 11 is 0. The van der Waals surface area contributed by atoms with Crippen molar-refractivity contribution in [2.75, 3.05) is 13.7 Å². The van der Waals surface area contributed by atoms with E-state index in [9.17, 15) is 8.78 Å². The van der Waals surface area contributed by atoms with Crippen molar-refractivity contribution in [2.45, 2.75) is 32.1 Å². The molecule has 4 rings (SSSR count). The number of methoxy groups -OCH3 is 1. The molecule has 35 heavy (non-hydrogen) atoms. The van der Waals surface area contributed by atoms with Crippen molar-refractivity contribution in [3.63, 3.8) is 0 Å². The summed E-state index contributed by atoms with van der Waals surface area (Å²) in [5.41, 5.74) is 3.87. The first-order chi connectivity index (χ1) is 17.0. The maximum absolute atomic E-state index is 15.2. The predicted molar refractivity (Wildman–Crippen MR) is 132 cm³/mol. The lowest BCUT2D eigenvalue weighted by Crippen LogP contribution is -2.00. The van der Waals surface area contributed by atoms with E-state index in [4.69, 9.17) is 10.00 Å². The Morgan fingerprint density at radius 2 is 1.31 bits per heavy atom. The van der Waals surface area contributed by atoms with Crippen LogP contribution in [0.3, 0.4) is 0 Å². The van der Waals surface area contributed by atoms with Gasteiger partial charge >= 0.3 is 0 Å². The van der Waals surface area contributed by atoms with Crippen molar-refractivity contribution >= 4 is 10.8 Å². The van der Waals surface area contributed by atoms with E-state index in [1.165, 1.54) is 12.1 Å². The van der Waals surface area contributed by atoms with E-state index < -0.39 is 5.82 Å². The van der Waals surface area contributed by atoms with Crippen LogP contribution in [0.1, 0.15) is 33.4 Å². The topological polar surface area (TPSA) is 33.0 Å². The zero-order valence-corrected chi connectivity index (χ0v) is 19.6. The molecule has 0 amide bonds. The number of ether oxygens (including phenoxy) is 1. The maximum atomic E-state index is 15.2. The van der Waals surface area contributed by atoms with Crippen molar-refractivity contribution < 1.29 is 17.9 Å². The Balaban J connectivity index is 1.43. The molecule has 0 aliphatic carbocycles. The van der Waals surface area contributed by atoms with E-state index in [2.05, 4.69) is 0 Å². The quantitative estimate of drug-likeness (QED) is 0.265.